The average molecular weight is 482 g/mol. The lowest BCUT2D eigenvalue weighted by atomic mass is 10.1. The van der Waals surface area contributed by atoms with Gasteiger partial charge in [0.25, 0.3) is 5.90 Å². The number of hydrogen-bond acceptors (Lipinski definition) is 6. The summed E-state index contributed by atoms with van der Waals surface area (Å²) >= 11 is 0. The Bertz CT molecular complexity index is 1340. The summed E-state index contributed by atoms with van der Waals surface area (Å²) in [5.41, 5.74) is 1.35. The van der Waals surface area contributed by atoms with Crippen molar-refractivity contribution in [1.82, 2.24) is 20.0 Å². The average Bonchev–Trinajstić information content (AvgIpc) is 3.32. The number of aromatic nitrogens is 4. The lowest BCUT2D eigenvalue weighted by Gasteiger charge is -2.12. The highest BCUT2D eigenvalue weighted by atomic mass is 19.3. The van der Waals surface area contributed by atoms with Crippen LogP contribution in [0.3, 0.4) is 0 Å². The van der Waals surface area contributed by atoms with E-state index in [4.69, 9.17) is 4.84 Å². The molecule has 0 saturated heterocycles. The maximum absolute atomic E-state index is 14.6. The first-order valence-corrected chi connectivity index (χ1v) is 10.3. The summed E-state index contributed by atoms with van der Waals surface area (Å²) in [5.74, 6) is -4.16. The summed E-state index contributed by atoms with van der Waals surface area (Å²) < 4.78 is 55.5. The van der Waals surface area contributed by atoms with Gasteiger partial charge in [-0.25, -0.2) is 18.5 Å². The molecular formula is C24H18F4N6O. The van der Waals surface area contributed by atoms with E-state index in [1.165, 1.54) is 28.9 Å². The highest BCUT2D eigenvalue weighted by molar-refractivity contribution is 5.98. The molecule has 2 aromatic heterocycles. The van der Waals surface area contributed by atoms with Gasteiger partial charge >= 0.3 is 5.92 Å². The minimum absolute atomic E-state index is 0.00528. The largest absolute Gasteiger partial charge is 0.335 e. The Balaban J connectivity index is 1.75. The molecule has 4 rings (SSSR count). The molecule has 0 amide bonds. The van der Waals surface area contributed by atoms with Gasteiger partial charge in [-0.1, -0.05) is 46.8 Å². The fraction of sp³-hybridized carbons (Fsp3) is 0.125. The van der Waals surface area contributed by atoms with E-state index < -0.39 is 24.0 Å². The number of pyridine rings is 1. The Morgan fingerprint density at radius 2 is 1.74 bits per heavy atom. The Morgan fingerprint density at radius 1 is 1.03 bits per heavy atom. The van der Waals surface area contributed by atoms with Crippen molar-refractivity contribution in [3.63, 3.8) is 0 Å². The van der Waals surface area contributed by atoms with Gasteiger partial charge in [0.1, 0.15) is 17.2 Å². The van der Waals surface area contributed by atoms with E-state index in [1.807, 2.05) is 0 Å². The molecule has 0 radical (unpaired) electrons. The Hall–Kier alpha value is -4.41. The molecule has 0 aliphatic carbocycles. The molecule has 178 valence electrons. The third kappa shape index (κ3) is 5.08. The summed E-state index contributed by atoms with van der Waals surface area (Å²) in [4.78, 5) is 13.6. The SMILES string of the molecule is C=NO/C(=N\Cc1ccc(C(F)(F)CF)cc1)c1nnn(-c2ccccc2F)c1-c1ccncc1. The fourth-order valence-corrected chi connectivity index (χ4v) is 3.29. The summed E-state index contributed by atoms with van der Waals surface area (Å²) in [5, 5.41) is 11.7. The van der Waals surface area contributed by atoms with Crippen molar-refractivity contribution in [3.8, 4) is 16.9 Å². The van der Waals surface area contributed by atoms with E-state index in [0.29, 0.717) is 16.8 Å². The number of alkyl halides is 3. The third-order valence-electron chi connectivity index (χ3n) is 5.01. The molecule has 35 heavy (non-hydrogen) atoms. The molecule has 7 nitrogen and oxygen atoms in total. The van der Waals surface area contributed by atoms with Gasteiger partial charge < -0.3 is 4.84 Å². The molecule has 0 saturated carbocycles. The second-order valence-electron chi connectivity index (χ2n) is 7.26. The molecule has 0 N–H and O–H groups in total. The second-order valence-corrected chi connectivity index (χ2v) is 7.26. The van der Waals surface area contributed by atoms with Gasteiger partial charge in [0.2, 0.25) is 0 Å². The van der Waals surface area contributed by atoms with Gasteiger partial charge in [-0.15, -0.1) is 5.10 Å². The van der Waals surface area contributed by atoms with Crippen LogP contribution in [0.2, 0.25) is 0 Å². The predicted octanol–water partition coefficient (Wildman–Crippen LogP) is 5.11. The van der Waals surface area contributed by atoms with Crippen molar-refractivity contribution in [2.24, 2.45) is 10.1 Å². The summed E-state index contributed by atoms with van der Waals surface area (Å²) in [6.45, 7) is 1.52. The van der Waals surface area contributed by atoms with Crippen molar-refractivity contribution in [2.45, 2.75) is 12.5 Å². The van der Waals surface area contributed by atoms with E-state index in [1.54, 1.807) is 36.7 Å². The van der Waals surface area contributed by atoms with Crippen LogP contribution in [-0.2, 0) is 17.3 Å². The normalized spacial score (nSPS) is 11.9. The van der Waals surface area contributed by atoms with Crippen LogP contribution in [0.1, 0.15) is 16.8 Å². The van der Waals surface area contributed by atoms with Gasteiger partial charge in [-0.2, -0.15) is 8.78 Å². The second kappa shape index (κ2) is 10.2. The molecular weight excluding hydrogens is 464 g/mol. The molecule has 0 atom stereocenters. The number of para-hydroxylation sites is 1. The van der Waals surface area contributed by atoms with Crippen molar-refractivity contribution in [2.75, 3.05) is 6.67 Å². The van der Waals surface area contributed by atoms with Crippen molar-refractivity contribution in [1.29, 1.82) is 0 Å². The highest BCUT2D eigenvalue weighted by Crippen LogP contribution is 2.29. The van der Waals surface area contributed by atoms with E-state index >= 15 is 0 Å². The minimum atomic E-state index is -3.56. The molecule has 0 spiro atoms. The number of aliphatic imine (C=N–C) groups is 1. The quantitative estimate of drug-likeness (QED) is 0.151. The Morgan fingerprint density at radius 3 is 2.40 bits per heavy atom. The van der Waals surface area contributed by atoms with Gasteiger partial charge in [0.05, 0.1) is 6.54 Å². The van der Waals surface area contributed by atoms with Gasteiger partial charge in [0.15, 0.2) is 12.4 Å². The van der Waals surface area contributed by atoms with E-state index in [0.717, 1.165) is 12.1 Å². The van der Waals surface area contributed by atoms with Crippen molar-refractivity contribution < 1.29 is 22.4 Å². The van der Waals surface area contributed by atoms with E-state index in [9.17, 15) is 17.6 Å². The molecule has 0 aliphatic heterocycles. The van der Waals surface area contributed by atoms with Crippen LogP contribution in [0, 0.1) is 5.82 Å². The van der Waals surface area contributed by atoms with Crippen LogP contribution in [0.5, 0.6) is 0 Å². The molecule has 2 heterocycles. The number of halogens is 4. The van der Waals surface area contributed by atoms with E-state index in [2.05, 4.69) is 32.2 Å². The lowest BCUT2D eigenvalue weighted by Crippen LogP contribution is -2.15. The number of nitrogens with zero attached hydrogens (tertiary/aromatic N) is 6. The van der Waals surface area contributed by atoms with Gasteiger partial charge in [0, 0.05) is 30.2 Å². The van der Waals surface area contributed by atoms with Gasteiger partial charge in [-0.05, 0) is 29.8 Å². The topological polar surface area (TPSA) is 77.5 Å². The molecule has 0 aliphatic rings. The van der Waals surface area contributed by atoms with Crippen LogP contribution in [-0.4, -0.2) is 39.3 Å². The summed E-state index contributed by atoms with van der Waals surface area (Å²) in [6.07, 6.45) is 3.10. The van der Waals surface area contributed by atoms with Crippen LogP contribution < -0.4 is 0 Å². The van der Waals surface area contributed by atoms with Crippen LogP contribution in [0.15, 0.2) is 83.2 Å². The van der Waals surface area contributed by atoms with Crippen LogP contribution in [0.25, 0.3) is 16.9 Å². The number of rotatable bonds is 8. The Labute approximate surface area is 197 Å². The van der Waals surface area contributed by atoms with Crippen molar-refractivity contribution >= 4 is 12.6 Å². The van der Waals surface area contributed by atoms with E-state index in [-0.39, 0.29) is 23.8 Å². The molecule has 0 fully saturated rings. The maximum atomic E-state index is 14.6. The maximum Gasteiger partial charge on any atom is 0.301 e. The number of benzene rings is 2. The monoisotopic (exact) mass is 482 g/mol. The standard InChI is InChI=1S/C24H18F4N6O/c1-29-35-23(31-14-16-6-8-18(9-7-16)24(27,28)15-25)21-22(17-10-12-30-13-11-17)34(33-32-21)20-5-3-2-4-19(20)26/h2-13H,1,14-15H2/b31-23-. The molecule has 0 bridgehead atoms. The smallest absolute Gasteiger partial charge is 0.301 e. The first kappa shape index (κ1) is 23.7. The molecule has 4 aromatic rings. The van der Waals surface area contributed by atoms with Gasteiger partial charge in [-0.3, -0.25) is 4.98 Å². The predicted molar refractivity (Wildman–Crippen MR) is 122 cm³/mol. The first-order chi connectivity index (χ1) is 16.9. The first-order valence-electron chi connectivity index (χ1n) is 10.3. The third-order valence-corrected chi connectivity index (χ3v) is 5.01. The number of oxime groups is 1. The summed E-state index contributed by atoms with van der Waals surface area (Å²) in [7, 11) is 0. The van der Waals surface area contributed by atoms with Crippen LogP contribution in [0.4, 0.5) is 17.6 Å². The highest BCUT2D eigenvalue weighted by Gasteiger charge is 2.31. The fourth-order valence-electron chi connectivity index (χ4n) is 3.29. The molecule has 2 aromatic carbocycles. The van der Waals surface area contributed by atoms with Crippen molar-refractivity contribution in [3.05, 3.63) is 95.7 Å². The Kier molecular flexibility index (Phi) is 6.95. The molecule has 0 unspecified atom stereocenters. The minimum Gasteiger partial charge on any atom is -0.335 e. The lowest BCUT2D eigenvalue weighted by molar-refractivity contribution is -0.0280. The molecule has 11 heteroatoms. The van der Waals surface area contributed by atoms with Crippen LogP contribution >= 0.6 is 0 Å². The zero-order valence-electron chi connectivity index (χ0n) is 18.2. The number of hydrogen-bond donors (Lipinski definition) is 0. The summed E-state index contributed by atoms with van der Waals surface area (Å²) in [6, 6.07) is 14.5. The zero-order chi connectivity index (χ0) is 24.8. The zero-order valence-corrected chi connectivity index (χ0v) is 18.2.